The van der Waals surface area contributed by atoms with E-state index in [4.69, 9.17) is 9.26 Å². The fraction of sp³-hybridized carbons (Fsp3) is 0.550. The van der Waals surface area contributed by atoms with Gasteiger partial charge in [-0.25, -0.2) is 0 Å². The number of hydrogen-bond acceptors (Lipinski definition) is 5. The second-order valence-electron chi connectivity index (χ2n) is 6.42. The number of nitrogens with zero attached hydrogens (tertiary/aromatic N) is 2. The largest absolute Gasteiger partial charge is 0.485 e. The summed E-state index contributed by atoms with van der Waals surface area (Å²) in [6, 6.07) is 7.07. The standard InChI is InChI=1S/C20H29N3O3/c1-3-4-5-6-7-8-9-14-21-20(24)17-10-12-18(13-11-17)25-15-19-22-16(2)26-23-19/h10-13H,3-9,14-15H2,1-2H3,(H,21,24). The first-order chi connectivity index (χ1) is 12.7. The molecule has 6 heteroatoms. The van der Waals surface area contributed by atoms with Crippen molar-refractivity contribution in [2.45, 2.75) is 65.4 Å². The van der Waals surface area contributed by atoms with Gasteiger partial charge >= 0.3 is 0 Å². The zero-order valence-electron chi connectivity index (χ0n) is 15.8. The number of unbranched alkanes of at least 4 members (excludes halogenated alkanes) is 6. The Morgan fingerprint density at radius 2 is 1.77 bits per heavy atom. The minimum absolute atomic E-state index is 0.0451. The van der Waals surface area contributed by atoms with Crippen molar-refractivity contribution in [3.63, 3.8) is 0 Å². The van der Waals surface area contributed by atoms with Crippen LogP contribution in [0, 0.1) is 6.92 Å². The third-order valence-corrected chi connectivity index (χ3v) is 4.12. The summed E-state index contributed by atoms with van der Waals surface area (Å²) >= 11 is 0. The highest BCUT2D eigenvalue weighted by Crippen LogP contribution is 2.14. The first-order valence-electron chi connectivity index (χ1n) is 9.49. The Balaban J connectivity index is 1.63. The number of amides is 1. The van der Waals surface area contributed by atoms with E-state index in [9.17, 15) is 4.79 Å². The van der Waals surface area contributed by atoms with Crippen molar-refractivity contribution in [3.05, 3.63) is 41.5 Å². The third-order valence-electron chi connectivity index (χ3n) is 4.12. The SMILES string of the molecule is CCCCCCCCCNC(=O)c1ccc(OCc2noc(C)n2)cc1. The predicted octanol–water partition coefficient (Wildman–Crippen LogP) is 4.44. The minimum Gasteiger partial charge on any atom is -0.485 e. The van der Waals surface area contributed by atoms with E-state index in [2.05, 4.69) is 22.4 Å². The number of rotatable bonds is 12. The van der Waals surface area contributed by atoms with Gasteiger partial charge in [0.05, 0.1) is 0 Å². The van der Waals surface area contributed by atoms with Gasteiger partial charge < -0.3 is 14.6 Å². The van der Waals surface area contributed by atoms with Crippen molar-refractivity contribution < 1.29 is 14.1 Å². The molecule has 6 nitrogen and oxygen atoms in total. The Morgan fingerprint density at radius 1 is 1.08 bits per heavy atom. The Bertz CT molecular complexity index is 653. The van der Waals surface area contributed by atoms with Crippen LogP contribution in [0.5, 0.6) is 5.75 Å². The van der Waals surface area contributed by atoms with Crippen LogP contribution in [-0.4, -0.2) is 22.6 Å². The van der Waals surface area contributed by atoms with Gasteiger partial charge in [-0.05, 0) is 30.7 Å². The summed E-state index contributed by atoms with van der Waals surface area (Å²) in [5.74, 6) is 1.63. The first-order valence-corrected chi connectivity index (χ1v) is 9.49. The number of hydrogen-bond donors (Lipinski definition) is 1. The second-order valence-corrected chi connectivity index (χ2v) is 6.42. The van der Waals surface area contributed by atoms with E-state index in [0.717, 1.165) is 13.0 Å². The van der Waals surface area contributed by atoms with Gasteiger partial charge in [-0.1, -0.05) is 50.6 Å². The number of nitrogens with one attached hydrogen (secondary N) is 1. The summed E-state index contributed by atoms with van der Waals surface area (Å²) in [6.07, 6.45) is 8.68. The Labute approximate surface area is 155 Å². The van der Waals surface area contributed by atoms with E-state index in [1.807, 2.05) is 0 Å². The molecule has 26 heavy (non-hydrogen) atoms. The Morgan fingerprint density at radius 3 is 2.42 bits per heavy atom. The van der Waals surface area contributed by atoms with Crippen molar-refractivity contribution in [2.24, 2.45) is 0 Å². The highest BCUT2D eigenvalue weighted by molar-refractivity contribution is 5.94. The lowest BCUT2D eigenvalue weighted by Gasteiger charge is -2.07. The third kappa shape index (κ3) is 7.25. The van der Waals surface area contributed by atoms with Crippen LogP contribution >= 0.6 is 0 Å². The average Bonchev–Trinajstić information content (AvgIpc) is 3.08. The van der Waals surface area contributed by atoms with Crippen molar-refractivity contribution in [3.8, 4) is 5.75 Å². The molecule has 0 unspecified atom stereocenters. The molecule has 1 heterocycles. The molecule has 1 amide bonds. The summed E-state index contributed by atoms with van der Waals surface area (Å²) in [4.78, 5) is 16.2. The number of carbonyl (C=O) groups is 1. The van der Waals surface area contributed by atoms with Crippen molar-refractivity contribution in [1.82, 2.24) is 15.5 Å². The fourth-order valence-corrected chi connectivity index (χ4v) is 2.64. The molecule has 2 aromatic rings. The highest BCUT2D eigenvalue weighted by Gasteiger charge is 2.06. The molecule has 0 aliphatic heterocycles. The smallest absolute Gasteiger partial charge is 0.251 e. The molecule has 1 N–H and O–H groups in total. The van der Waals surface area contributed by atoms with Gasteiger partial charge in [0.1, 0.15) is 5.75 Å². The van der Waals surface area contributed by atoms with Crippen LogP contribution in [0.2, 0.25) is 0 Å². The molecule has 2 rings (SSSR count). The van der Waals surface area contributed by atoms with Crippen LogP contribution in [0.1, 0.15) is 73.9 Å². The monoisotopic (exact) mass is 359 g/mol. The zero-order chi connectivity index (χ0) is 18.6. The number of benzene rings is 1. The lowest BCUT2D eigenvalue weighted by molar-refractivity contribution is 0.0953. The maximum absolute atomic E-state index is 12.1. The molecule has 1 aromatic carbocycles. The number of ether oxygens (including phenoxy) is 1. The molecule has 0 saturated heterocycles. The lowest BCUT2D eigenvalue weighted by atomic mass is 10.1. The van der Waals surface area contributed by atoms with Gasteiger partial charge in [-0.15, -0.1) is 0 Å². The molecule has 0 bridgehead atoms. The van der Waals surface area contributed by atoms with Crippen molar-refractivity contribution >= 4 is 5.91 Å². The number of aryl methyl sites for hydroxylation is 1. The van der Waals surface area contributed by atoms with E-state index in [1.54, 1.807) is 31.2 Å². The number of carbonyl (C=O) groups excluding carboxylic acids is 1. The summed E-state index contributed by atoms with van der Waals surface area (Å²) in [5.41, 5.74) is 0.635. The fourth-order valence-electron chi connectivity index (χ4n) is 2.64. The van der Waals surface area contributed by atoms with Crippen LogP contribution in [-0.2, 0) is 6.61 Å². The Hall–Kier alpha value is -2.37. The highest BCUT2D eigenvalue weighted by atomic mass is 16.5. The minimum atomic E-state index is -0.0451. The normalized spacial score (nSPS) is 10.7. The van der Waals surface area contributed by atoms with E-state index in [0.29, 0.717) is 23.0 Å². The second kappa shape index (κ2) is 11.3. The number of aromatic nitrogens is 2. The maximum atomic E-state index is 12.1. The van der Waals surface area contributed by atoms with Gasteiger partial charge in [0.25, 0.3) is 5.91 Å². The van der Waals surface area contributed by atoms with Crippen LogP contribution in [0.25, 0.3) is 0 Å². The van der Waals surface area contributed by atoms with Crippen LogP contribution in [0.3, 0.4) is 0 Å². The first kappa shape index (κ1) is 19.9. The van der Waals surface area contributed by atoms with E-state index >= 15 is 0 Å². The maximum Gasteiger partial charge on any atom is 0.251 e. The van der Waals surface area contributed by atoms with Gasteiger partial charge in [-0.3, -0.25) is 4.79 Å². The molecule has 0 aliphatic rings. The van der Waals surface area contributed by atoms with Crippen molar-refractivity contribution in [1.29, 1.82) is 0 Å². The lowest BCUT2D eigenvalue weighted by Crippen LogP contribution is -2.24. The van der Waals surface area contributed by atoms with Crippen LogP contribution in [0.4, 0.5) is 0 Å². The summed E-state index contributed by atoms with van der Waals surface area (Å²) < 4.78 is 10.5. The zero-order valence-corrected chi connectivity index (χ0v) is 15.8. The quantitative estimate of drug-likeness (QED) is 0.567. The summed E-state index contributed by atoms with van der Waals surface area (Å²) in [7, 11) is 0. The van der Waals surface area contributed by atoms with E-state index in [1.165, 1.54) is 38.5 Å². The molecule has 0 saturated carbocycles. The van der Waals surface area contributed by atoms with Crippen molar-refractivity contribution in [2.75, 3.05) is 6.54 Å². The topological polar surface area (TPSA) is 77.2 Å². The summed E-state index contributed by atoms with van der Waals surface area (Å²) in [6.45, 7) is 4.92. The van der Waals surface area contributed by atoms with Gasteiger partial charge in [-0.2, -0.15) is 4.98 Å². The Kier molecular flexibility index (Phi) is 8.66. The molecule has 0 radical (unpaired) electrons. The molecule has 1 aromatic heterocycles. The van der Waals surface area contributed by atoms with Gasteiger partial charge in [0.15, 0.2) is 6.61 Å². The molecule has 0 atom stereocenters. The molecule has 142 valence electrons. The predicted molar refractivity (Wildman–Crippen MR) is 100 cm³/mol. The molecule has 0 spiro atoms. The molecule has 0 aliphatic carbocycles. The molecular weight excluding hydrogens is 330 g/mol. The summed E-state index contributed by atoms with van der Waals surface area (Å²) in [5, 5.41) is 6.74. The van der Waals surface area contributed by atoms with Crippen LogP contribution in [0.15, 0.2) is 28.8 Å². The van der Waals surface area contributed by atoms with E-state index < -0.39 is 0 Å². The molecule has 0 fully saturated rings. The average molecular weight is 359 g/mol. The van der Waals surface area contributed by atoms with Gasteiger partial charge in [0, 0.05) is 19.0 Å². The van der Waals surface area contributed by atoms with Gasteiger partial charge in [0.2, 0.25) is 11.7 Å². The van der Waals surface area contributed by atoms with E-state index in [-0.39, 0.29) is 12.5 Å². The van der Waals surface area contributed by atoms with Crippen LogP contribution < -0.4 is 10.1 Å². The molecular formula is C20H29N3O3.